The lowest BCUT2D eigenvalue weighted by atomic mass is 10.1. The summed E-state index contributed by atoms with van der Waals surface area (Å²) in [5, 5.41) is 9.19. The van der Waals surface area contributed by atoms with Crippen LogP contribution in [0.5, 0.6) is 5.75 Å². The van der Waals surface area contributed by atoms with Crippen molar-refractivity contribution in [3.63, 3.8) is 0 Å². The molecule has 0 radical (unpaired) electrons. The minimum atomic E-state index is -0.231. The molecule has 0 saturated heterocycles. The summed E-state index contributed by atoms with van der Waals surface area (Å²) >= 11 is 0. The number of aliphatic hydroxyl groups is 1. The standard InChI is InChI=1S/C13H20O2/c1-3-9-15-13-6-4-5-12(10-13)8-7-11(2)14/h4-6,10-11,14H,3,7-9H2,1-2H3. The Balaban J connectivity index is 2.50. The molecular weight excluding hydrogens is 188 g/mol. The summed E-state index contributed by atoms with van der Waals surface area (Å²) in [5.41, 5.74) is 1.23. The molecule has 0 aliphatic rings. The van der Waals surface area contributed by atoms with E-state index in [-0.39, 0.29) is 6.10 Å². The Kier molecular flexibility index (Phi) is 5.19. The van der Waals surface area contributed by atoms with Crippen LogP contribution in [0.25, 0.3) is 0 Å². The van der Waals surface area contributed by atoms with Crippen LogP contribution in [0.2, 0.25) is 0 Å². The van der Waals surface area contributed by atoms with Gasteiger partial charge in [-0.15, -0.1) is 0 Å². The molecule has 2 nitrogen and oxygen atoms in total. The van der Waals surface area contributed by atoms with E-state index in [0.29, 0.717) is 0 Å². The summed E-state index contributed by atoms with van der Waals surface area (Å²) in [6.07, 6.45) is 2.50. The van der Waals surface area contributed by atoms with E-state index < -0.39 is 0 Å². The van der Waals surface area contributed by atoms with E-state index in [2.05, 4.69) is 19.1 Å². The normalized spacial score (nSPS) is 12.5. The molecule has 84 valence electrons. The van der Waals surface area contributed by atoms with Gasteiger partial charge in [0.25, 0.3) is 0 Å². The number of ether oxygens (including phenoxy) is 1. The smallest absolute Gasteiger partial charge is 0.119 e. The molecule has 0 saturated carbocycles. The molecule has 15 heavy (non-hydrogen) atoms. The van der Waals surface area contributed by atoms with Crippen LogP contribution < -0.4 is 4.74 Å². The molecule has 0 bridgehead atoms. The zero-order chi connectivity index (χ0) is 11.1. The Morgan fingerprint density at radius 3 is 2.87 bits per heavy atom. The second-order valence-electron chi connectivity index (χ2n) is 3.88. The summed E-state index contributed by atoms with van der Waals surface area (Å²) in [7, 11) is 0. The maximum atomic E-state index is 9.19. The number of hydrogen-bond acceptors (Lipinski definition) is 2. The van der Waals surface area contributed by atoms with Gasteiger partial charge in [0.05, 0.1) is 12.7 Å². The molecule has 0 heterocycles. The van der Waals surface area contributed by atoms with Gasteiger partial charge in [0.15, 0.2) is 0 Å². The van der Waals surface area contributed by atoms with Crippen molar-refractivity contribution in [2.45, 2.75) is 39.2 Å². The van der Waals surface area contributed by atoms with Crippen LogP contribution in [0.1, 0.15) is 32.3 Å². The van der Waals surface area contributed by atoms with Gasteiger partial charge in [-0.25, -0.2) is 0 Å². The van der Waals surface area contributed by atoms with Gasteiger partial charge in [0, 0.05) is 0 Å². The van der Waals surface area contributed by atoms with Gasteiger partial charge in [0.2, 0.25) is 0 Å². The lowest BCUT2D eigenvalue weighted by Crippen LogP contribution is -2.01. The molecule has 0 aliphatic carbocycles. The number of hydrogen-bond donors (Lipinski definition) is 1. The van der Waals surface area contributed by atoms with Crippen LogP contribution in [0, 0.1) is 0 Å². The van der Waals surface area contributed by atoms with Crippen molar-refractivity contribution in [1.82, 2.24) is 0 Å². The molecule has 1 aromatic carbocycles. The van der Waals surface area contributed by atoms with E-state index in [4.69, 9.17) is 4.74 Å². The molecular formula is C13H20O2. The molecule has 0 spiro atoms. The largest absolute Gasteiger partial charge is 0.494 e. The third kappa shape index (κ3) is 4.84. The first-order valence-corrected chi connectivity index (χ1v) is 5.62. The molecule has 0 aromatic heterocycles. The zero-order valence-electron chi connectivity index (χ0n) is 9.57. The fourth-order valence-corrected chi connectivity index (χ4v) is 1.39. The maximum absolute atomic E-state index is 9.19. The van der Waals surface area contributed by atoms with Gasteiger partial charge in [-0.1, -0.05) is 19.1 Å². The fraction of sp³-hybridized carbons (Fsp3) is 0.538. The highest BCUT2D eigenvalue weighted by atomic mass is 16.5. The Hall–Kier alpha value is -1.02. The minimum Gasteiger partial charge on any atom is -0.494 e. The van der Waals surface area contributed by atoms with Gasteiger partial charge in [-0.3, -0.25) is 0 Å². The predicted molar refractivity (Wildman–Crippen MR) is 62.2 cm³/mol. The molecule has 1 aromatic rings. The molecule has 1 N–H and O–H groups in total. The van der Waals surface area contributed by atoms with Crippen LogP contribution in [0.4, 0.5) is 0 Å². The average Bonchev–Trinajstić information content (AvgIpc) is 2.24. The van der Waals surface area contributed by atoms with Crippen molar-refractivity contribution in [3.8, 4) is 5.75 Å². The Bertz CT molecular complexity index is 282. The second kappa shape index (κ2) is 6.46. The molecule has 1 rings (SSSR count). The first-order valence-electron chi connectivity index (χ1n) is 5.62. The Morgan fingerprint density at radius 2 is 2.20 bits per heavy atom. The van der Waals surface area contributed by atoms with Crippen LogP contribution >= 0.6 is 0 Å². The molecule has 0 fully saturated rings. The first kappa shape index (κ1) is 12.1. The monoisotopic (exact) mass is 208 g/mol. The van der Waals surface area contributed by atoms with E-state index >= 15 is 0 Å². The summed E-state index contributed by atoms with van der Waals surface area (Å²) in [6.45, 7) is 4.68. The van der Waals surface area contributed by atoms with Crippen molar-refractivity contribution in [3.05, 3.63) is 29.8 Å². The number of aryl methyl sites for hydroxylation is 1. The van der Waals surface area contributed by atoms with Crippen molar-refractivity contribution in [2.24, 2.45) is 0 Å². The number of benzene rings is 1. The molecule has 0 amide bonds. The lowest BCUT2D eigenvalue weighted by molar-refractivity contribution is 0.185. The molecule has 2 heteroatoms. The quantitative estimate of drug-likeness (QED) is 0.779. The Labute approximate surface area is 91.9 Å². The molecule has 0 aliphatic heterocycles. The van der Waals surface area contributed by atoms with Gasteiger partial charge >= 0.3 is 0 Å². The second-order valence-corrected chi connectivity index (χ2v) is 3.88. The summed E-state index contributed by atoms with van der Waals surface area (Å²) < 4.78 is 5.54. The van der Waals surface area contributed by atoms with E-state index in [1.165, 1.54) is 5.56 Å². The summed E-state index contributed by atoms with van der Waals surface area (Å²) in [5.74, 6) is 0.931. The van der Waals surface area contributed by atoms with Crippen LogP contribution in [0.15, 0.2) is 24.3 Å². The number of rotatable bonds is 6. The van der Waals surface area contributed by atoms with Crippen molar-refractivity contribution in [1.29, 1.82) is 0 Å². The zero-order valence-corrected chi connectivity index (χ0v) is 9.57. The Morgan fingerprint density at radius 1 is 1.40 bits per heavy atom. The van der Waals surface area contributed by atoms with E-state index in [1.54, 1.807) is 0 Å². The van der Waals surface area contributed by atoms with Crippen molar-refractivity contribution < 1.29 is 9.84 Å². The average molecular weight is 208 g/mol. The third-order valence-corrected chi connectivity index (χ3v) is 2.22. The first-order chi connectivity index (χ1) is 7.22. The summed E-state index contributed by atoms with van der Waals surface area (Å²) in [4.78, 5) is 0. The SMILES string of the molecule is CCCOc1cccc(CCC(C)O)c1. The van der Waals surface area contributed by atoms with Crippen molar-refractivity contribution in [2.75, 3.05) is 6.61 Å². The maximum Gasteiger partial charge on any atom is 0.119 e. The molecule has 1 atom stereocenters. The van der Waals surface area contributed by atoms with E-state index in [1.807, 2.05) is 19.1 Å². The van der Waals surface area contributed by atoms with E-state index in [9.17, 15) is 5.11 Å². The van der Waals surface area contributed by atoms with Crippen LogP contribution in [-0.4, -0.2) is 17.8 Å². The van der Waals surface area contributed by atoms with Gasteiger partial charge in [-0.05, 0) is 43.9 Å². The van der Waals surface area contributed by atoms with Gasteiger partial charge < -0.3 is 9.84 Å². The van der Waals surface area contributed by atoms with Gasteiger partial charge in [0.1, 0.15) is 5.75 Å². The lowest BCUT2D eigenvalue weighted by Gasteiger charge is -2.07. The van der Waals surface area contributed by atoms with Crippen LogP contribution in [0.3, 0.4) is 0 Å². The molecule has 1 unspecified atom stereocenters. The van der Waals surface area contributed by atoms with Crippen molar-refractivity contribution >= 4 is 0 Å². The van der Waals surface area contributed by atoms with E-state index in [0.717, 1.165) is 31.6 Å². The topological polar surface area (TPSA) is 29.5 Å². The minimum absolute atomic E-state index is 0.231. The number of aliphatic hydroxyl groups excluding tert-OH is 1. The van der Waals surface area contributed by atoms with Gasteiger partial charge in [-0.2, -0.15) is 0 Å². The highest BCUT2D eigenvalue weighted by Crippen LogP contribution is 2.15. The third-order valence-electron chi connectivity index (χ3n) is 2.22. The van der Waals surface area contributed by atoms with Crippen LogP contribution in [-0.2, 0) is 6.42 Å². The summed E-state index contributed by atoms with van der Waals surface area (Å²) in [6, 6.07) is 8.10. The predicted octanol–water partition coefficient (Wildman–Crippen LogP) is 2.79. The highest BCUT2D eigenvalue weighted by molar-refractivity contribution is 5.28. The highest BCUT2D eigenvalue weighted by Gasteiger charge is 1.99. The fourth-order valence-electron chi connectivity index (χ4n) is 1.39.